The number of rotatable bonds is 8. The molecule has 3 aromatic carbocycles. The monoisotopic (exact) mass is 538 g/mol. The van der Waals surface area contributed by atoms with Crippen LogP contribution in [0.25, 0.3) is 17.1 Å². The summed E-state index contributed by atoms with van der Waals surface area (Å²) in [6, 6.07) is 18.0. The quantitative estimate of drug-likeness (QED) is 0.337. The molecule has 0 aliphatic rings. The molecule has 0 aliphatic carbocycles. The van der Waals surface area contributed by atoms with Crippen LogP contribution in [0.15, 0.2) is 65.1 Å². The second-order valence-corrected chi connectivity index (χ2v) is 8.16. The summed E-state index contributed by atoms with van der Waals surface area (Å²) in [5, 5.41) is 7.33. The second kappa shape index (κ2) is 10.5. The Kier molecular flexibility index (Phi) is 7.21. The van der Waals surface area contributed by atoms with Gasteiger partial charge in [-0.1, -0.05) is 15.9 Å². The molecule has 180 valence electrons. The zero-order chi connectivity index (χ0) is 24.9. The number of methoxy groups -OCH3 is 4. The van der Waals surface area contributed by atoms with Crippen LogP contribution in [-0.2, 0) is 0 Å². The van der Waals surface area contributed by atoms with Gasteiger partial charge in [0, 0.05) is 15.7 Å². The Bertz CT molecular complexity index is 1310. The van der Waals surface area contributed by atoms with Gasteiger partial charge in [0.1, 0.15) is 5.75 Å². The lowest BCUT2D eigenvalue weighted by molar-refractivity contribution is 0.101. The van der Waals surface area contributed by atoms with E-state index >= 15 is 0 Å². The van der Waals surface area contributed by atoms with E-state index < -0.39 is 5.91 Å². The van der Waals surface area contributed by atoms with Crippen LogP contribution in [0.3, 0.4) is 0 Å². The first kappa shape index (κ1) is 24.1. The van der Waals surface area contributed by atoms with E-state index in [1.54, 1.807) is 48.2 Å². The van der Waals surface area contributed by atoms with Gasteiger partial charge in [0.05, 0.1) is 34.1 Å². The molecule has 0 saturated heterocycles. The van der Waals surface area contributed by atoms with Crippen molar-refractivity contribution >= 4 is 27.5 Å². The summed E-state index contributed by atoms with van der Waals surface area (Å²) < 4.78 is 24.2. The highest BCUT2D eigenvalue weighted by molar-refractivity contribution is 9.10. The number of amides is 1. The Morgan fingerprint density at radius 2 is 1.49 bits per heavy atom. The minimum Gasteiger partial charge on any atom is -0.497 e. The van der Waals surface area contributed by atoms with E-state index in [0.29, 0.717) is 45.8 Å². The molecule has 0 aliphatic heterocycles. The molecule has 1 N–H and O–H groups in total. The van der Waals surface area contributed by atoms with Gasteiger partial charge in [-0.25, -0.2) is 9.67 Å². The first-order valence-electron chi connectivity index (χ1n) is 10.5. The van der Waals surface area contributed by atoms with Gasteiger partial charge in [0.25, 0.3) is 5.91 Å². The molecule has 0 fully saturated rings. The smallest absolute Gasteiger partial charge is 0.295 e. The number of nitrogens with one attached hydrogen (secondary N) is 1. The van der Waals surface area contributed by atoms with Crippen molar-refractivity contribution in [2.75, 3.05) is 33.8 Å². The summed E-state index contributed by atoms with van der Waals surface area (Å²) in [6.07, 6.45) is 0. The molecule has 0 spiro atoms. The van der Waals surface area contributed by atoms with Crippen molar-refractivity contribution < 1.29 is 23.7 Å². The standard InChI is InChI=1S/C25H23BrN4O5/c1-32-19-11-9-18(10-12-19)30-24(15-13-20(33-2)22(35-4)21(14-15)34-3)28-23(29-30)25(31)27-17-7-5-16(26)6-8-17/h5-14H,1-4H3,(H,27,31). The Morgan fingerprint density at radius 3 is 2.03 bits per heavy atom. The maximum absolute atomic E-state index is 13.0. The molecule has 35 heavy (non-hydrogen) atoms. The predicted molar refractivity (Wildman–Crippen MR) is 135 cm³/mol. The van der Waals surface area contributed by atoms with Gasteiger partial charge in [0.15, 0.2) is 17.3 Å². The Hall–Kier alpha value is -4.05. The number of ether oxygens (including phenoxy) is 4. The molecular weight excluding hydrogens is 516 g/mol. The fraction of sp³-hybridized carbons (Fsp3) is 0.160. The zero-order valence-electron chi connectivity index (χ0n) is 19.5. The number of aromatic nitrogens is 3. The summed E-state index contributed by atoms with van der Waals surface area (Å²) in [5.74, 6) is 1.99. The van der Waals surface area contributed by atoms with Crippen LogP contribution in [0.2, 0.25) is 0 Å². The average Bonchev–Trinajstić information content (AvgIpc) is 3.35. The number of nitrogens with zero attached hydrogens (tertiary/aromatic N) is 3. The third kappa shape index (κ3) is 5.07. The van der Waals surface area contributed by atoms with Gasteiger partial charge in [-0.3, -0.25) is 4.79 Å². The number of hydrogen-bond acceptors (Lipinski definition) is 7. The molecule has 0 saturated carbocycles. The van der Waals surface area contributed by atoms with Crippen LogP contribution < -0.4 is 24.3 Å². The van der Waals surface area contributed by atoms with Gasteiger partial charge in [-0.15, -0.1) is 5.10 Å². The van der Waals surface area contributed by atoms with Crippen molar-refractivity contribution in [2.45, 2.75) is 0 Å². The van der Waals surface area contributed by atoms with E-state index in [0.717, 1.165) is 4.47 Å². The zero-order valence-corrected chi connectivity index (χ0v) is 21.1. The lowest BCUT2D eigenvalue weighted by Gasteiger charge is -2.14. The van der Waals surface area contributed by atoms with Crippen molar-refractivity contribution in [3.63, 3.8) is 0 Å². The van der Waals surface area contributed by atoms with Gasteiger partial charge < -0.3 is 24.3 Å². The fourth-order valence-electron chi connectivity index (χ4n) is 3.43. The molecule has 10 heteroatoms. The first-order valence-corrected chi connectivity index (χ1v) is 11.3. The normalized spacial score (nSPS) is 10.5. The van der Waals surface area contributed by atoms with Crippen molar-refractivity contribution in [3.05, 3.63) is 71.0 Å². The topological polar surface area (TPSA) is 96.7 Å². The third-order valence-electron chi connectivity index (χ3n) is 5.15. The van der Waals surface area contributed by atoms with Gasteiger partial charge in [-0.2, -0.15) is 0 Å². The van der Waals surface area contributed by atoms with Crippen LogP contribution in [0.4, 0.5) is 5.69 Å². The molecule has 0 radical (unpaired) electrons. The Balaban J connectivity index is 1.82. The summed E-state index contributed by atoms with van der Waals surface area (Å²) in [7, 11) is 6.19. The van der Waals surface area contributed by atoms with E-state index in [1.807, 2.05) is 24.3 Å². The van der Waals surface area contributed by atoms with E-state index in [2.05, 4.69) is 31.3 Å². The molecule has 9 nitrogen and oxygen atoms in total. The second-order valence-electron chi connectivity index (χ2n) is 7.24. The highest BCUT2D eigenvalue weighted by Gasteiger charge is 2.22. The maximum Gasteiger partial charge on any atom is 0.295 e. The van der Waals surface area contributed by atoms with Crippen molar-refractivity contribution in [1.82, 2.24) is 14.8 Å². The lowest BCUT2D eigenvalue weighted by atomic mass is 10.1. The first-order chi connectivity index (χ1) is 17.0. The highest BCUT2D eigenvalue weighted by Crippen LogP contribution is 2.41. The molecule has 1 amide bonds. The number of hydrogen-bond donors (Lipinski definition) is 1. The SMILES string of the molecule is COc1ccc(-n2nc(C(=O)Nc3ccc(Br)cc3)nc2-c2cc(OC)c(OC)c(OC)c2)cc1. The van der Waals surface area contributed by atoms with Crippen LogP contribution in [0.5, 0.6) is 23.0 Å². The molecular formula is C25H23BrN4O5. The molecule has 0 bridgehead atoms. The number of carbonyl (C=O) groups is 1. The minimum atomic E-state index is -0.451. The number of benzene rings is 3. The summed E-state index contributed by atoms with van der Waals surface area (Å²) in [4.78, 5) is 17.6. The largest absolute Gasteiger partial charge is 0.497 e. The number of carbonyl (C=O) groups excluding carboxylic acids is 1. The molecule has 0 unspecified atom stereocenters. The molecule has 4 aromatic rings. The summed E-state index contributed by atoms with van der Waals surface area (Å²) in [6.45, 7) is 0. The van der Waals surface area contributed by atoms with Gasteiger partial charge in [-0.05, 0) is 60.7 Å². The van der Waals surface area contributed by atoms with Crippen LogP contribution in [-0.4, -0.2) is 49.1 Å². The lowest BCUT2D eigenvalue weighted by Crippen LogP contribution is -2.14. The predicted octanol–water partition coefficient (Wildman–Crippen LogP) is 4.98. The van der Waals surface area contributed by atoms with Crippen molar-refractivity contribution in [1.29, 1.82) is 0 Å². The van der Waals surface area contributed by atoms with E-state index in [4.69, 9.17) is 18.9 Å². The Labute approximate surface area is 210 Å². The maximum atomic E-state index is 13.0. The molecule has 4 rings (SSSR count). The Morgan fingerprint density at radius 1 is 0.857 bits per heavy atom. The average molecular weight is 539 g/mol. The minimum absolute atomic E-state index is 0.00696. The van der Waals surface area contributed by atoms with Crippen molar-refractivity contribution in [2.24, 2.45) is 0 Å². The highest BCUT2D eigenvalue weighted by atomic mass is 79.9. The van der Waals surface area contributed by atoms with Gasteiger partial charge >= 0.3 is 0 Å². The summed E-state index contributed by atoms with van der Waals surface area (Å²) in [5.41, 5.74) is 1.92. The summed E-state index contributed by atoms with van der Waals surface area (Å²) >= 11 is 3.39. The molecule has 0 atom stereocenters. The van der Waals surface area contributed by atoms with Crippen LogP contribution in [0, 0.1) is 0 Å². The van der Waals surface area contributed by atoms with Gasteiger partial charge in [0.2, 0.25) is 11.6 Å². The van der Waals surface area contributed by atoms with E-state index in [9.17, 15) is 4.79 Å². The fourth-order valence-corrected chi connectivity index (χ4v) is 3.69. The number of halogens is 1. The van der Waals surface area contributed by atoms with Crippen LogP contribution >= 0.6 is 15.9 Å². The molecule has 1 heterocycles. The van der Waals surface area contributed by atoms with E-state index in [-0.39, 0.29) is 5.82 Å². The van der Waals surface area contributed by atoms with E-state index in [1.165, 1.54) is 21.3 Å². The number of anilines is 1. The van der Waals surface area contributed by atoms with Crippen LogP contribution in [0.1, 0.15) is 10.6 Å². The third-order valence-corrected chi connectivity index (χ3v) is 5.68. The molecule has 1 aromatic heterocycles. The van der Waals surface area contributed by atoms with Crippen molar-refractivity contribution in [3.8, 4) is 40.1 Å².